The molecule has 1 aliphatic rings. The summed E-state index contributed by atoms with van der Waals surface area (Å²) in [6, 6.07) is 5.63. The Morgan fingerprint density at radius 3 is 3.09 bits per heavy atom. The maximum atomic E-state index is 11.9. The molecule has 1 amide bonds. The van der Waals surface area contributed by atoms with E-state index in [1.165, 1.54) is 0 Å². The Morgan fingerprint density at radius 1 is 1.32 bits per heavy atom. The molecule has 3 heterocycles. The van der Waals surface area contributed by atoms with Crippen LogP contribution in [-0.4, -0.2) is 26.8 Å². The maximum Gasteiger partial charge on any atom is 0.265 e. The van der Waals surface area contributed by atoms with E-state index in [-0.39, 0.29) is 11.9 Å². The lowest BCUT2D eigenvalue weighted by atomic mass is 9.95. The summed E-state index contributed by atoms with van der Waals surface area (Å²) in [6.07, 6.45) is 7.09. The molecule has 7 heteroatoms. The molecule has 2 aromatic heterocycles. The zero-order valence-corrected chi connectivity index (χ0v) is 11.7. The Kier molecular flexibility index (Phi) is 2.88. The van der Waals surface area contributed by atoms with E-state index < -0.39 is 0 Å². The molecule has 3 aromatic rings. The van der Waals surface area contributed by atoms with Crippen molar-refractivity contribution in [2.24, 2.45) is 5.73 Å². The molecule has 22 heavy (non-hydrogen) atoms. The first kappa shape index (κ1) is 12.9. The molecule has 0 saturated carbocycles. The molecule has 0 fully saturated rings. The quantitative estimate of drug-likeness (QED) is 0.644. The molecule has 1 unspecified atom stereocenters. The third-order valence-electron chi connectivity index (χ3n) is 3.88. The molecule has 1 atom stereocenters. The zero-order valence-electron chi connectivity index (χ0n) is 11.7. The number of carbonyl (C=O) groups excluding carboxylic acids is 1. The zero-order chi connectivity index (χ0) is 15.1. The first-order valence-electron chi connectivity index (χ1n) is 6.95. The molecule has 0 spiro atoms. The molecule has 4 rings (SSSR count). The molecule has 0 radical (unpaired) electrons. The van der Waals surface area contributed by atoms with Crippen LogP contribution in [0.4, 0.5) is 0 Å². The fourth-order valence-corrected chi connectivity index (χ4v) is 2.76. The lowest BCUT2D eigenvalue weighted by Crippen LogP contribution is -2.47. The van der Waals surface area contributed by atoms with Crippen molar-refractivity contribution in [1.82, 2.24) is 25.2 Å². The van der Waals surface area contributed by atoms with Crippen molar-refractivity contribution in [3.8, 4) is 11.3 Å². The van der Waals surface area contributed by atoms with Gasteiger partial charge < -0.3 is 5.73 Å². The van der Waals surface area contributed by atoms with Crippen LogP contribution < -0.4 is 16.6 Å². The second-order valence-electron chi connectivity index (χ2n) is 5.14. The topological polar surface area (TPSA) is 97.3 Å². The molecule has 1 aliphatic heterocycles. The summed E-state index contributed by atoms with van der Waals surface area (Å²) >= 11 is 0. The molecule has 1 aromatic carbocycles. The number of benzene rings is 1. The van der Waals surface area contributed by atoms with E-state index in [9.17, 15) is 4.79 Å². The van der Waals surface area contributed by atoms with Crippen LogP contribution in [0, 0.1) is 0 Å². The van der Waals surface area contributed by atoms with Crippen LogP contribution in [0.5, 0.6) is 0 Å². The molecule has 4 N–H and O–H groups in total. The Morgan fingerprint density at radius 2 is 2.23 bits per heavy atom. The minimum atomic E-state index is -0.145. The molecular formula is C15H14N6O. The van der Waals surface area contributed by atoms with Gasteiger partial charge in [0.15, 0.2) is 5.65 Å². The number of hydrazine groups is 1. The van der Waals surface area contributed by atoms with Crippen molar-refractivity contribution in [2.45, 2.75) is 6.04 Å². The van der Waals surface area contributed by atoms with E-state index >= 15 is 0 Å². The second kappa shape index (κ2) is 4.90. The average Bonchev–Trinajstić information content (AvgIpc) is 2.99. The summed E-state index contributed by atoms with van der Waals surface area (Å²) in [5.74, 6) is -0.145. The number of fused-ring (bicyclic) bond motifs is 2. The van der Waals surface area contributed by atoms with Gasteiger partial charge in [0.25, 0.3) is 5.91 Å². The summed E-state index contributed by atoms with van der Waals surface area (Å²) in [5, 5.41) is 0. The van der Waals surface area contributed by atoms with Crippen LogP contribution in [0.25, 0.3) is 16.9 Å². The first-order valence-corrected chi connectivity index (χ1v) is 6.95. The fourth-order valence-electron chi connectivity index (χ4n) is 2.76. The van der Waals surface area contributed by atoms with E-state index in [0.717, 1.165) is 22.5 Å². The van der Waals surface area contributed by atoms with Crippen LogP contribution in [0.3, 0.4) is 0 Å². The van der Waals surface area contributed by atoms with Crippen molar-refractivity contribution >= 4 is 11.6 Å². The second-order valence-corrected chi connectivity index (χ2v) is 5.14. The highest BCUT2D eigenvalue weighted by Crippen LogP contribution is 2.28. The number of hydrogen-bond acceptors (Lipinski definition) is 5. The highest BCUT2D eigenvalue weighted by Gasteiger charge is 2.24. The normalized spacial score (nSPS) is 17.3. The third kappa shape index (κ3) is 1.87. The van der Waals surface area contributed by atoms with Crippen LogP contribution in [0.1, 0.15) is 22.0 Å². The number of amides is 1. The van der Waals surface area contributed by atoms with E-state index in [4.69, 9.17) is 5.73 Å². The predicted octanol–water partition coefficient (Wildman–Crippen LogP) is 0.644. The molecule has 0 saturated heterocycles. The van der Waals surface area contributed by atoms with Gasteiger partial charge in [0.1, 0.15) is 0 Å². The Balaban J connectivity index is 1.89. The molecular weight excluding hydrogens is 280 g/mol. The lowest BCUT2D eigenvalue weighted by molar-refractivity contribution is 0.0909. The highest BCUT2D eigenvalue weighted by molar-refractivity contribution is 5.97. The van der Waals surface area contributed by atoms with Crippen LogP contribution in [-0.2, 0) is 0 Å². The fraction of sp³-hybridized carbons (Fsp3) is 0.133. The van der Waals surface area contributed by atoms with Gasteiger partial charge in [-0.15, -0.1) is 0 Å². The van der Waals surface area contributed by atoms with Gasteiger partial charge in [-0.05, 0) is 17.7 Å². The maximum absolute atomic E-state index is 11.9. The Hall–Kier alpha value is -2.77. The summed E-state index contributed by atoms with van der Waals surface area (Å²) in [4.78, 5) is 20.3. The number of aromatic nitrogens is 3. The molecule has 0 bridgehead atoms. The van der Waals surface area contributed by atoms with E-state index in [0.29, 0.717) is 12.1 Å². The van der Waals surface area contributed by atoms with Crippen LogP contribution in [0.2, 0.25) is 0 Å². The predicted molar refractivity (Wildman–Crippen MR) is 80.8 cm³/mol. The average molecular weight is 294 g/mol. The largest absolute Gasteiger partial charge is 0.329 e. The molecule has 0 aliphatic carbocycles. The Bertz CT molecular complexity index is 871. The number of carbonyl (C=O) groups is 1. The Labute approximate surface area is 126 Å². The lowest BCUT2D eigenvalue weighted by Gasteiger charge is -2.26. The number of nitrogens with zero attached hydrogens (tertiary/aromatic N) is 3. The minimum Gasteiger partial charge on any atom is -0.329 e. The van der Waals surface area contributed by atoms with Crippen LogP contribution >= 0.6 is 0 Å². The SMILES string of the molecule is NCC1NNC(=O)c2ccc(-c3cnc4cnccn34)cc21. The summed E-state index contributed by atoms with van der Waals surface area (Å²) < 4.78 is 1.96. The monoisotopic (exact) mass is 294 g/mol. The number of nitrogens with one attached hydrogen (secondary N) is 2. The van der Waals surface area contributed by atoms with Gasteiger partial charge in [-0.2, -0.15) is 0 Å². The summed E-state index contributed by atoms with van der Waals surface area (Å²) in [7, 11) is 0. The van der Waals surface area contributed by atoms with Crippen molar-refractivity contribution in [3.63, 3.8) is 0 Å². The van der Waals surface area contributed by atoms with Gasteiger partial charge in [0, 0.05) is 30.1 Å². The third-order valence-corrected chi connectivity index (χ3v) is 3.88. The molecule has 110 valence electrons. The van der Waals surface area contributed by atoms with Gasteiger partial charge in [-0.1, -0.05) is 6.07 Å². The highest BCUT2D eigenvalue weighted by atomic mass is 16.2. The smallest absolute Gasteiger partial charge is 0.265 e. The van der Waals surface area contributed by atoms with Crippen molar-refractivity contribution in [3.05, 3.63) is 54.1 Å². The van der Waals surface area contributed by atoms with Gasteiger partial charge in [0.05, 0.1) is 24.1 Å². The van der Waals surface area contributed by atoms with Crippen molar-refractivity contribution in [2.75, 3.05) is 6.54 Å². The van der Waals surface area contributed by atoms with Crippen LogP contribution in [0.15, 0.2) is 43.0 Å². The van der Waals surface area contributed by atoms with Crippen molar-refractivity contribution < 1.29 is 4.79 Å². The summed E-state index contributed by atoms with van der Waals surface area (Å²) in [5.41, 5.74) is 15.6. The number of hydrogen-bond donors (Lipinski definition) is 3. The van der Waals surface area contributed by atoms with Gasteiger partial charge in [-0.25, -0.2) is 10.4 Å². The van der Waals surface area contributed by atoms with Gasteiger partial charge in [0.2, 0.25) is 0 Å². The molecule has 7 nitrogen and oxygen atoms in total. The number of rotatable bonds is 2. The number of imidazole rings is 1. The van der Waals surface area contributed by atoms with E-state index in [1.807, 2.05) is 28.8 Å². The van der Waals surface area contributed by atoms with Crippen molar-refractivity contribution in [1.29, 1.82) is 0 Å². The standard InChI is InChI=1S/C15H14N6O/c16-6-12-11-5-9(1-2-10(11)15(22)20-19-12)13-7-18-14-8-17-3-4-21(13)14/h1-5,7-8,12,19H,6,16H2,(H,20,22). The number of nitrogens with two attached hydrogens (primary N) is 1. The van der Waals surface area contributed by atoms with Gasteiger partial charge in [-0.3, -0.25) is 19.6 Å². The first-order chi connectivity index (χ1) is 10.8. The van der Waals surface area contributed by atoms with E-state index in [1.54, 1.807) is 18.6 Å². The van der Waals surface area contributed by atoms with Gasteiger partial charge >= 0.3 is 0 Å². The van der Waals surface area contributed by atoms with E-state index in [2.05, 4.69) is 20.8 Å². The summed E-state index contributed by atoms with van der Waals surface area (Å²) in [6.45, 7) is 0.397. The minimum absolute atomic E-state index is 0.103.